The molecule has 0 radical (unpaired) electrons. The standard InChI is InChI=1S/C22H32N6O2/c1-20(2,3)16-12-17-25-26-19(28(17)27-16)21(4,5)22(6,7)24-18(29)13-30-15-11-9-8-10-14(15)23/h8-12,27H,13,23H2,1-7H3,(H,24,29). The van der Waals surface area contributed by atoms with Crippen molar-refractivity contribution in [2.24, 2.45) is 0 Å². The molecule has 0 aliphatic heterocycles. The van der Waals surface area contributed by atoms with E-state index in [1.54, 1.807) is 12.1 Å². The third-order valence-electron chi connectivity index (χ3n) is 5.85. The van der Waals surface area contributed by atoms with Crippen LogP contribution in [-0.4, -0.2) is 37.9 Å². The van der Waals surface area contributed by atoms with Crippen LogP contribution in [0.2, 0.25) is 0 Å². The molecule has 0 bridgehead atoms. The number of nitrogens with two attached hydrogens (primary N) is 1. The summed E-state index contributed by atoms with van der Waals surface area (Å²) in [4.78, 5) is 12.6. The van der Waals surface area contributed by atoms with E-state index in [-0.39, 0.29) is 17.9 Å². The van der Waals surface area contributed by atoms with Gasteiger partial charge in [0, 0.05) is 28.1 Å². The number of carbonyl (C=O) groups is 1. The van der Waals surface area contributed by atoms with Crippen LogP contribution in [0.25, 0.3) is 5.65 Å². The van der Waals surface area contributed by atoms with Crippen molar-refractivity contribution in [2.45, 2.75) is 64.8 Å². The van der Waals surface area contributed by atoms with Crippen LogP contribution in [0.15, 0.2) is 30.3 Å². The van der Waals surface area contributed by atoms with E-state index in [2.05, 4.69) is 41.4 Å². The molecule has 162 valence electrons. The molecule has 0 saturated carbocycles. The highest BCUT2D eigenvalue weighted by atomic mass is 16.5. The van der Waals surface area contributed by atoms with Gasteiger partial charge < -0.3 is 15.8 Å². The lowest BCUT2D eigenvalue weighted by atomic mass is 9.73. The minimum Gasteiger partial charge on any atom is -0.482 e. The molecule has 1 aromatic carbocycles. The number of benzene rings is 1. The molecule has 30 heavy (non-hydrogen) atoms. The van der Waals surface area contributed by atoms with E-state index >= 15 is 0 Å². The maximum atomic E-state index is 12.6. The molecule has 4 N–H and O–H groups in total. The van der Waals surface area contributed by atoms with Crippen LogP contribution >= 0.6 is 0 Å². The van der Waals surface area contributed by atoms with Gasteiger partial charge in [-0.25, -0.2) is 4.52 Å². The number of aromatic amines is 1. The van der Waals surface area contributed by atoms with Crippen molar-refractivity contribution >= 4 is 17.2 Å². The quantitative estimate of drug-likeness (QED) is 0.539. The smallest absolute Gasteiger partial charge is 0.258 e. The van der Waals surface area contributed by atoms with Gasteiger partial charge in [0.05, 0.1) is 5.69 Å². The Morgan fingerprint density at radius 1 is 1.13 bits per heavy atom. The van der Waals surface area contributed by atoms with Crippen molar-refractivity contribution < 1.29 is 9.53 Å². The number of para-hydroxylation sites is 2. The molecule has 2 aromatic heterocycles. The monoisotopic (exact) mass is 412 g/mol. The summed E-state index contributed by atoms with van der Waals surface area (Å²) in [6.07, 6.45) is 0. The number of nitrogen functional groups attached to an aromatic ring is 1. The topological polar surface area (TPSA) is 110 Å². The van der Waals surface area contributed by atoms with Crippen molar-refractivity contribution in [3.8, 4) is 5.75 Å². The third kappa shape index (κ3) is 3.99. The Morgan fingerprint density at radius 3 is 2.43 bits per heavy atom. The Morgan fingerprint density at radius 2 is 1.80 bits per heavy atom. The van der Waals surface area contributed by atoms with Crippen molar-refractivity contribution in [3.63, 3.8) is 0 Å². The molecule has 0 aliphatic rings. The number of hydrogen-bond acceptors (Lipinski definition) is 5. The minimum atomic E-state index is -0.633. The number of anilines is 1. The summed E-state index contributed by atoms with van der Waals surface area (Å²) in [6, 6.07) is 9.12. The summed E-state index contributed by atoms with van der Waals surface area (Å²) in [5, 5.41) is 15.2. The van der Waals surface area contributed by atoms with Gasteiger partial charge in [0.2, 0.25) is 0 Å². The normalized spacial score (nSPS) is 12.9. The Labute approximate surface area is 177 Å². The predicted octanol–water partition coefficient (Wildman–Crippen LogP) is 3.19. The second-order valence-electron chi connectivity index (χ2n) is 9.76. The number of ether oxygens (including phenoxy) is 1. The summed E-state index contributed by atoms with van der Waals surface area (Å²) >= 11 is 0. The summed E-state index contributed by atoms with van der Waals surface area (Å²) in [7, 11) is 0. The van der Waals surface area contributed by atoms with Crippen LogP contribution in [-0.2, 0) is 15.6 Å². The van der Waals surface area contributed by atoms with Gasteiger partial charge in [0.15, 0.2) is 18.1 Å². The van der Waals surface area contributed by atoms with Crippen LogP contribution in [0.5, 0.6) is 5.75 Å². The number of amides is 1. The molecule has 0 unspecified atom stereocenters. The minimum absolute atomic E-state index is 0.0392. The summed E-state index contributed by atoms with van der Waals surface area (Å²) in [5.41, 5.74) is 6.99. The first-order valence-electron chi connectivity index (χ1n) is 10.1. The van der Waals surface area contributed by atoms with Gasteiger partial charge in [0.1, 0.15) is 5.75 Å². The van der Waals surface area contributed by atoms with E-state index in [1.807, 2.05) is 50.4 Å². The molecule has 0 atom stereocenters. The van der Waals surface area contributed by atoms with E-state index in [9.17, 15) is 4.79 Å². The van der Waals surface area contributed by atoms with Gasteiger partial charge in [-0.3, -0.25) is 9.89 Å². The molecule has 3 aromatic rings. The zero-order valence-corrected chi connectivity index (χ0v) is 18.8. The summed E-state index contributed by atoms with van der Waals surface area (Å²) < 4.78 is 7.48. The maximum Gasteiger partial charge on any atom is 0.258 e. The van der Waals surface area contributed by atoms with E-state index in [0.29, 0.717) is 11.4 Å². The lowest BCUT2D eigenvalue weighted by molar-refractivity contribution is -0.125. The van der Waals surface area contributed by atoms with Crippen LogP contribution in [0.1, 0.15) is 60.0 Å². The number of carbonyl (C=O) groups excluding carboxylic acids is 1. The predicted molar refractivity (Wildman–Crippen MR) is 118 cm³/mol. The number of aromatic nitrogens is 4. The molecule has 0 saturated heterocycles. The third-order valence-corrected chi connectivity index (χ3v) is 5.85. The number of nitrogens with one attached hydrogen (secondary N) is 2. The molecule has 8 heteroatoms. The molecule has 0 aliphatic carbocycles. The lowest BCUT2D eigenvalue weighted by Gasteiger charge is -2.40. The highest BCUT2D eigenvalue weighted by Crippen LogP contribution is 2.34. The Kier molecular flexibility index (Phi) is 5.30. The molecule has 3 rings (SSSR count). The van der Waals surface area contributed by atoms with Crippen LogP contribution < -0.4 is 15.8 Å². The van der Waals surface area contributed by atoms with Gasteiger partial charge >= 0.3 is 0 Å². The van der Waals surface area contributed by atoms with Crippen LogP contribution in [0.4, 0.5) is 5.69 Å². The highest BCUT2D eigenvalue weighted by Gasteiger charge is 2.43. The van der Waals surface area contributed by atoms with Gasteiger partial charge in [-0.2, -0.15) is 0 Å². The summed E-state index contributed by atoms with van der Waals surface area (Å²) in [5.74, 6) is 0.996. The van der Waals surface area contributed by atoms with Crippen LogP contribution in [0.3, 0.4) is 0 Å². The molecule has 0 spiro atoms. The molecule has 1 amide bonds. The zero-order chi connectivity index (χ0) is 22.3. The first-order valence-corrected chi connectivity index (χ1v) is 10.1. The second kappa shape index (κ2) is 7.34. The number of H-pyrrole nitrogens is 1. The van der Waals surface area contributed by atoms with Gasteiger partial charge in [-0.05, 0) is 26.0 Å². The van der Waals surface area contributed by atoms with Gasteiger partial charge in [-0.1, -0.05) is 46.8 Å². The number of rotatable bonds is 6. The number of hydrogen-bond donors (Lipinski definition) is 3. The summed E-state index contributed by atoms with van der Waals surface area (Å²) in [6.45, 7) is 14.3. The van der Waals surface area contributed by atoms with Crippen molar-refractivity contribution in [1.29, 1.82) is 0 Å². The van der Waals surface area contributed by atoms with Crippen molar-refractivity contribution in [2.75, 3.05) is 12.3 Å². The first kappa shape index (κ1) is 21.7. The van der Waals surface area contributed by atoms with E-state index in [0.717, 1.165) is 17.2 Å². The maximum absolute atomic E-state index is 12.6. The fourth-order valence-electron chi connectivity index (χ4n) is 3.15. The number of fused-ring (bicyclic) bond motifs is 1. The van der Waals surface area contributed by atoms with Gasteiger partial charge in [0.25, 0.3) is 5.91 Å². The fraction of sp³-hybridized carbons (Fsp3) is 0.500. The largest absolute Gasteiger partial charge is 0.482 e. The van der Waals surface area contributed by atoms with Gasteiger partial charge in [-0.15, -0.1) is 10.2 Å². The Balaban J connectivity index is 1.79. The lowest BCUT2D eigenvalue weighted by Crippen LogP contribution is -2.57. The second-order valence-corrected chi connectivity index (χ2v) is 9.76. The fourth-order valence-corrected chi connectivity index (χ4v) is 3.15. The van der Waals surface area contributed by atoms with E-state index in [4.69, 9.17) is 10.5 Å². The molecule has 0 fully saturated rings. The zero-order valence-electron chi connectivity index (χ0n) is 18.8. The number of nitrogens with zero attached hydrogens (tertiary/aromatic N) is 3. The molecular weight excluding hydrogens is 380 g/mol. The highest BCUT2D eigenvalue weighted by molar-refractivity contribution is 5.78. The van der Waals surface area contributed by atoms with Crippen molar-refractivity contribution in [1.82, 2.24) is 25.1 Å². The average molecular weight is 413 g/mol. The van der Waals surface area contributed by atoms with Crippen molar-refractivity contribution in [3.05, 3.63) is 41.9 Å². The van der Waals surface area contributed by atoms with Crippen LogP contribution in [0, 0.1) is 0 Å². The Bertz CT molecular complexity index is 1060. The molecule has 8 nitrogen and oxygen atoms in total. The molecule has 2 heterocycles. The average Bonchev–Trinajstić information content (AvgIpc) is 3.20. The first-order chi connectivity index (χ1) is 13.8. The molecular formula is C22H32N6O2. The van der Waals surface area contributed by atoms with E-state index in [1.165, 1.54) is 0 Å². The SMILES string of the molecule is CC(C)(C)c1cc2nnc(C(C)(C)C(C)(C)NC(=O)COc3ccccc3N)n2[nH]1. The van der Waals surface area contributed by atoms with E-state index < -0.39 is 11.0 Å². The Hall–Kier alpha value is -3.03.